The van der Waals surface area contributed by atoms with Crippen LogP contribution in [0, 0.1) is 5.92 Å². The fourth-order valence-corrected chi connectivity index (χ4v) is 3.14. The molecule has 2 rings (SSSR count). The molecule has 0 spiro atoms. The van der Waals surface area contributed by atoms with Crippen LogP contribution < -0.4 is 5.32 Å². The number of rotatable bonds is 3. The predicted octanol–water partition coefficient (Wildman–Crippen LogP) is 3.63. The summed E-state index contributed by atoms with van der Waals surface area (Å²) in [5.41, 5.74) is 0.626. The molecule has 1 aliphatic rings. The lowest BCUT2D eigenvalue weighted by Gasteiger charge is -2.14. The third-order valence-electron chi connectivity index (χ3n) is 3.18. The van der Waals surface area contributed by atoms with Gasteiger partial charge in [0.15, 0.2) is 0 Å². The van der Waals surface area contributed by atoms with Crippen molar-refractivity contribution < 1.29 is 4.79 Å². The minimum atomic E-state index is -0.0425. The van der Waals surface area contributed by atoms with Crippen LogP contribution in [0.2, 0.25) is 5.02 Å². The number of carbonyl (C=O) groups excluding carboxylic acids is 1. The minimum Gasteiger partial charge on any atom is -0.352 e. The Morgan fingerprint density at radius 1 is 1.47 bits per heavy atom. The molecule has 0 radical (unpaired) electrons. The maximum atomic E-state index is 11.9. The first-order valence-electron chi connectivity index (χ1n) is 5.84. The number of carbonyl (C=O) groups is 1. The van der Waals surface area contributed by atoms with Crippen LogP contribution in [0.25, 0.3) is 0 Å². The molecule has 0 aromatic heterocycles. The zero-order valence-electron chi connectivity index (χ0n) is 9.46. The summed E-state index contributed by atoms with van der Waals surface area (Å²) in [7, 11) is 0. The molecule has 2 nitrogen and oxygen atoms in total. The Morgan fingerprint density at radius 3 is 2.94 bits per heavy atom. The summed E-state index contributed by atoms with van der Waals surface area (Å²) in [6.45, 7) is 0.737. The molecule has 1 aromatic carbocycles. The number of amides is 1. The summed E-state index contributed by atoms with van der Waals surface area (Å²) < 4.78 is 0. The van der Waals surface area contributed by atoms with Gasteiger partial charge in [0.25, 0.3) is 5.91 Å². The lowest BCUT2D eigenvalue weighted by Crippen LogP contribution is -2.30. The highest BCUT2D eigenvalue weighted by Gasteiger charge is 2.25. The maximum absolute atomic E-state index is 11.9. The molecule has 1 saturated carbocycles. The molecule has 0 saturated heterocycles. The van der Waals surface area contributed by atoms with E-state index in [4.69, 9.17) is 11.6 Å². The van der Waals surface area contributed by atoms with Gasteiger partial charge in [0.2, 0.25) is 0 Å². The summed E-state index contributed by atoms with van der Waals surface area (Å²) in [6.07, 6.45) is 3.64. The van der Waals surface area contributed by atoms with Crippen LogP contribution in [-0.2, 0) is 0 Å². The Hall–Kier alpha value is -0.540. The van der Waals surface area contributed by atoms with Crippen LogP contribution >= 0.6 is 27.5 Å². The monoisotopic (exact) mass is 315 g/mol. The minimum absolute atomic E-state index is 0.0425. The quantitative estimate of drug-likeness (QED) is 0.848. The Balaban J connectivity index is 1.89. The van der Waals surface area contributed by atoms with Crippen molar-refractivity contribution >= 4 is 33.4 Å². The summed E-state index contributed by atoms with van der Waals surface area (Å²) in [4.78, 5) is 12.4. The molecule has 1 aliphatic carbocycles. The van der Waals surface area contributed by atoms with Gasteiger partial charge < -0.3 is 5.32 Å². The third kappa shape index (κ3) is 3.46. The fraction of sp³-hybridized carbons (Fsp3) is 0.462. The highest BCUT2D eigenvalue weighted by molar-refractivity contribution is 9.09. The molecule has 1 fully saturated rings. The van der Waals surface area contributed by atoms with Crippen LogP contribution in [0.4, 0.5) is 0 Å². The molecule has 0 heterocycles. The Kier molecular flexibility index (Phi) is 4.46. The highest BCUT2D eigenvalue weighted by Crippen LogP contribution is 2.30. The third-order valence-corrected chi connectivity index (χ3v) is 4.62. The number of benzene rings is 1. The van der Waals surface area contributed by atoms with Crippen molar-refractivity contribution in [3.05, 3.63) is 34.9 Å². The van der Waals surface area contributed by atoms with Crippen molar-refractivity contribution in [1.29, 1.82) is 0 Å². The van der Waals surface area contributed by atoms with Gasteiger partial charge in [0, 0.05) is 22.0 Å². The zero-order chi connectivity index (χ0) is 12.3. The van der Waals surface area contributed by atoms with Crippen LogP contribution in [0.5, 0.6) is 0 Å². The predicted molar refractivity (Wildman–Crippen MR) is 73.8 cm³/mol. The first-order valence-corrected chi connectivity index (χ1v) is 7.14. The number of hydrogen-bond donors (Lipinski definition) is 1. The smallest absolute Gasteiger partial charge is 0.251 e. The van der Waals surface area contributed by atoms with Crippen molar-refractivity contribution in [2.45, 2.75) is 24.1 Å². The van der Waals surface area contributed by atoms with Gasteiger partial charge in [-0.15, -0.1) is 0 Å². The van der Waals surface area contributed by atoms with Gasteiger partial charge in [0.05, 0.1) is 0 Å². The molecular weight excluding hydrogens is 302 g/mol. The lowest BCUT2D eigenvalue weighted by atomic mass is 10.1. The van der Waals surface area contributed by atoms with Gasteiger partial charge in [-0.1, -0.05) is 40.0 Å². The standard InChI is InChI=1S/C13H15BrClNO/c14-12-6-2-4-10(12)8-16-13(17)9-3-1-5-11(15)7-9/h1,3,5,7,10,12H,2,4,6,8H2,(H,16,17). The van der Waals surface area contributed by atoms with Crippen molar-refractivity contribution in [2.24, 2.45) is 5.92 Å². The molecule has 1 aromatic rings. The van der Waals surface area contributed by atoms with E-state index in [1.54, 1.807) is 24.3 Å². The Labute approximate surface area is 115 Å². The second-order valence-electron chi connectivity index (χ2n) is 4.43. The average Bonchev–Trinajstić information content (AvgIpc) is 2.72. The Morgan fingerprint density at radius 2 is 2.29 bits per heavy atom. The number of hydrogen-bond acceptors (Lipinski definition) is 1. The van der Waals surface area contributed by atoms with Crippen molar-refractivity contribution in [3.8, 4) is 0 Å². The molecule has 1 N–H and O–H groups in total. The lowest BCUT2D eigenvalue weighted by molar-refractivity contribution is 0.0948. The summed E-state index contributed by atoms with van der Waals surface area (Å²) in [6, 6.07) is 7.03. The molecule has 2 unspecified atom stereocenters. The van der Waals surface area contributed by atoms with Crippen LogP contribution in [0.1, 0.15) is 29.6 Å². The Bertz CT molecular complexity index is 410. The van der Waals surface area contributed by atoms with E-state index in [2.05, 4.69) is 21.2 Å². The van der Waals surface area contributed by atoms with E-state index < -0.39 is 0 Å². The first kappa shape index (κ1) is 12.9. The van der Waals surface area contributed by atoms with Crippen LogP contribution in [-0.4, -0.2) is 17.3 Å². The second-order valence-corrected chi connectivity index (χ2v) is 6.04. The van der Waals surface area contributed by atoms with E-state index in [1.807, 2.05) is 0 Å². The van der Waals surface area contributed by atoms with Crippen molar-refractivity contribution in [2.75, 3.05) is 6.54 Å². The van der Waals surface area contributed by atoms with E-state index >= 15 is 0 Å². The molecule has 1 amide bonds. The highest BCUT2D eigenvalue weighted by atomic mass is 79.9. The molecule has 4 heteroatoms. The number of alkyl halides is 1. The number of halogens is 2. The topological polar surface area (TPSA) is 29.1 Å². The van der Waals surface area contributed by atoms with E-state index in [1.165, 1.54) is 19.3 Å². The molecule has 0 aliphatic heterocycles. The van der Waals surface area contributed by atoms with E-state index in [0.29, 0.717) is 21.3 Å². The van der Waals surface area contributed by atoms with Gasteiger partial charge in [-0.2, -0.15) is 0 Å². The SMILES string of the molecule is O=C(NCC1CCCC1Br)c1cccc(Cl)c1. The molecule has 0 bridgehead atoms. The van der Waals surface area contributed by atoms with Crippen LogP contribution in [0.15, 0.2) is 24.3 Å². The second kappa shape index (κ2) is 5.87. The van der Waals surface area contributed by atoms with Crippen LogP contribution in [0.3, 0.4) is 0 Å². The largest absolute Gasteiger partial charge is 0.352 e. The van der Waals surface area contributed by atoms with Gasteiger partial charge >= 0.3 is 0 Å². The van der Waals surface area contributed by atoms with Gasteiger partial charge in [-0.3, -0.25) is 4.79 Å². The molecule has 92 valence electrons. The zero-order valence-corrected chi connectivity index (χ0v) is 11.8. The van der Waals surface area contributed by atoms with Crippen molar-refractivity contribution in [3.63, 3.8) is 0 Å². The van der Waals surface area contributed by atoms with Gasteiger partial charge in [-0.25, -0.2) is 0 Å². The number of nitrogens with one attached hydrogen (secondary N) is 1. The van der Waals surface area contributed by atoms with Gasteiger partial charge in [-0.05, 0) is 37.0 Å². The molecular formula is C13H15BrClNO. The normalized spacial score (nSPS) is 23.6. The van der Waals surface area contributed by atoms with Gasteiger partial charge in [0.1, 0.15) is 0 Å². The van der Waals surface area contributed by atoms with E-state index in [-0.39, 0.29) is 5.91 Å². The summed E-state index contributed by atoms with van der Waals surface area (Å²) >= 11 is 9.50. The first-order chi connectivity index (χ1) is 8.16. The summed E-state index contributed by atoms with van der Waals surface area (Å²) in [5, 5.41) is 3.57. The van der Waals surface area contributed by atoms with E-state index in [9.17, 15) is 4.79 Å². The fourth-order valence-electron chi connectivity index (χ4n) is 2.18. The van der Waals surface area contributed by atoms with E-state index in [0.717, 1.165) is 6.54 Å². The molecule has 2 atom stereocenters. The molecule has 17 heavy (non-hydrogen) atoms. The maximum Gasteiger partial charge on any atom is 0.251 e. The average molecular weight is 317 g/mol. The van der Waals surface area contributed by atoms with Crippen molar-refractivity contribution in [1.82, 2.24) is 5.32 Å². The summed E-state index contributed by atoms with van der Waals surface area (Å²) in [5.74, 6) is 0.511.